The van der Waals surface area contributed by atoms with Gasteiger partial charge in [0, 0.05) is 19.3 Å². The fourth-order valence-electron chi connectivity index (χ4n) is 2.17. The molecule has 0 unspecified atom stereocenters. The van der Waals surface area contributed by atoms with Crippen LogP contribution in [-0.2, 0) is 17.8 Å². The van der Waals surface area contributed by atoms with Gasteiger partial charge >= 0.3 is 0 Å². The van der Waals surface area contributed by atoms with Gasteiger partial charge in [-0.25, -0.2) is 0 Å². The van der Waals surface area contributed by atoms with Gasteiger partial charge in [0.1, 0.15) is 11.6 Å². The van der Waals surface area contributed by atoms with Crippen molar-refractivity contribution >= 4 is 5.91 Å². The van der Waals surface area contributed by atoms with Gasteiger partial charge in [0.25, 0.3) is 5.91 Å². The van der Waals surface area contributed by atoms with E-state index in [2.05, 4.69) is 41.8 Å². The van der Waals surface area contributed by atoms with E-state index >= 15 is 0 Å². The van der Waals surface area contributed by atoms with Crippen LogP contribution < -0.4 is 10.6 Å². The van der Waals surface area contributed by atoms with Crippen LogP contribution in [0.2, 0.25) is 0 Å². The predicted octanol–water partition coefficient (Wildman–Crippen LogP) is 2.85. The number of nitriles is 1. The summed E-state index contributed by atoms with van der Waals surface area (Å²) in [6.45, 7) is 3.13. The minimum atomic E-state index is -0.371. The normalized spacial score (nSPS) is 10.8. The Morgan fingerprint density at radius 2 is 1.79 bits per heavy atom. The molecule has 0 saturated heterocycles. The maximum atomic E-state index is 12.0. The number of hydrogen-bond acceptors (Lipinski definition) is 3. The number of hydrogen-bond donors (Lipinski definition) is 2. The Morgan fingerprint density at radius 3 is 2.46 bits per heavy atom. The zero-order chi connectivity index (χ0) is 17.2. The number of amides is 1. The zero-order valence-electron chi connectivity index (χ0n) is 13.8. The molecule has 0 aliphatic rings. The highest BCUT2D eigenvalue weighted by Gasteiger charge is 2.07. The summed E-state index contributed by atoms with van der Waals surface area (Å²) in [4.78, 5) is 12.0. The van der Waals surface area contributed by atoms with Gasteiger partial charge in [-0.3, -0.25) is 4.79 Å². The lowest BCUT2D eigenvalue weighted by molar-refractivity contribution is -0.117. The van der Waals surface area contributed by atoms with Crippen LogP contribution >= 0.6 is 0 Å². The molecule has 2 aromatic carbocycles. The molecule has 122 valence electrons. The Morgan fingerprint density at radius 1 is 1.08 bits per heavy atom. The number of nitrogens with zero attached hydrogens (tertiary/aromatic N) is 1. The van der Waals surface area contributed by atoms with Gasteiger partial charge in [-0.2, -0.15) is 5.26 Å². The van der Waals surface area contributed by atoms with Crippen molar-refractivity contribution in [3.05, 3.63) is 83.1 Å². The highest BCUT2D eigenvalue weighted by molar-refractivity contribution is 5.97. The number of aryl methyl sites for hydroxylation is 1. The Labute approximate surface area is 142 Å². The van der Waals surface area contributed by atoms with E-state index in [4.69, 9.17) is 5.26 Å². The smallest absolute Gasteiger partial charge is 0.263 e. The fourth-order valence-corrected chi connectivity index (χ4v) is 2.17. The molecule has 0 fully saturated rings. The lowest BCUT2D eigenvalue weighted by Crippen LogP contribution is -2.25. The van der Waals surface area contributed by atoms with Gasteiger partial charge in [-0.1, -0.05) is 60.2 Å². The molecule has 0 radical (unpaired) electrons. The molecular formula is C20H21N3O. The van der Waals surface area contributed by atoms with E-state index < -0.39 is 0 Å². The van der Waals surface area contributed by atoms with Crippen LogP contribution in [0.15, 0.2) is 66.4 Å². The van der Waals surface area contributed by atoms with E-state index in [-0.39, 0.29) is 11.5 Å². The molecular weight excluding hydrogens is 298 g/mol. The Kier molecular flexibility index (Phi) is 6.60. The maximum Gasteiger partial charge on any atom is 0.263 e. The first kappa shape index (κ1) is 17.3. The second kappa shape index (κ2) is 9.16. The summed E-state index contributed by atoms with van der Waals surface area (Å²) >= 11 is 0. The van der Waals surface area contributed by atoms with Gasteiger partial charge in [-0.15, -0.1) is 0 Å². The molecule has 0 heterocycles. The Hall–Kier alpha value is -3.06. The molecule has 0 bridgehead atoms. The third-order valence-corrected chi connectivity index (χ3v) is 3.59. The maximum absolute atomic E-state index is 12.0. The van der Waals surface area contributed by atoms with Gasteiger partial charge in [-0.05, 0) is 24.5 Å². The molecule has 0 aliphatic carbocycles. The van der Waals surface area contributed by atoms with E-state index in [9.17, 15) is 4.79 Å². The van der Waals surface area contributed by atoms with Crippen molar-refractivity contribution in [3.8, 4) is 6.07 Å². The quantitative estimate of drug-likeness (QED) is 0.468. The monoisotopic (exact) mass is 319 g/mol. The summed E-state index contributed by atoms with van der Waals surface area (Å²) in [5.41, 5.74) is 3.52. The third kappa shape index (κ3) is 5.62. The minimum Gasteiger partial charge on any atom is -0.389 e. The van der Waals surface area contributed by atoms with Crippen LogP contribution in [0.3, 0.4) is 0 Å². The molecule has 1 amide bonds. The Bertz CT molecular complexity index is 728. The predicted molar refractivity (Wildman–Crippen MR) is 94.9 cm³/mol. The van der Waals surface area contributed by atoms with Crippen LogP contribution in [0.25, 0.3) is 0 Å². The highest BCUT2D eigenvalue weighted by atomic mass is 16.1. The number of benzene rings is 2. The molecule has 24 heavy (non-hydrogen) atoms. The van der Waals surface area contributed by atoms with Crippen molar-refractivity contribution in [1.29, 1.82) is 5.26 Å². The van der Waals surface area contributed by atoms with Crippen molar-refractivity contribution in [3.63, 3.8) is 0 Å². The molecule has 0 saturated carbocycles. The molecule has 0 aliphatic heterocycles. The molecule has 4 heteroatoms. The van der Waals surface area contributed by atoms with Crippen molar-refractivity contribution in [2.45, 2.75) is 19.9 Å². The van der Waals surface area contributed by atoms with Gasteiger partial charge in [0.05, 0.1) is 0 Å². The highest BCUT2D eigenvalue weighted by Crippen LogP contribution is 2.03. The summed E-state index contributed by atoms with van der Waals surface area (Å²) in [6, 6.07) is 19.8. The first-order chi connectivity index (χ1) is 11.7. The van der Waals surface area contributed by atoms with Crippen LogP contribution in [0.4, 0.5) is 0 Å². The van der Waals surface area contributed by atoms with Crippen molar-refractivity contribution < 1.29 is 4.79 Å². The zero-order valence-corrected chi connectivity index (χ0v) is 13.8. The van der Waals surface area contributed by atoms with E-state index in [1.807, 2.05) is 36.4 Å². The van der Waals surface area contributed by atoms with Gasteiger partial charge < -0.3 is 10.6 Å². The molecule has 0 aromatic heterocycles. The third-order valence-electron chi connectivity index (χ3n) is 3.59. The summed E-state index contributed by atoms with van der Waals surface area (Å²) < 4.78 is 0. The standard InChI is InChI=1S/C20H21N3O/c1-16-7-9-17(10-8-16)11-12-22-15-19(13-21)20(24)23-14-18-5-3-2-4-6-18/h2-10,15,22H,11-12,14H2,1H3,(H,23,24)/b19-15-. The number of nitrogens with one attached hydrogen (secondary N) is 2. The van der Waals surface area contributed by atoms with Crippen LogP contribution in [0, 0.1) is 18.3 Å². The van der Waals surface area contributed by atoms with Crippen LogP contribution in [0.1, 0.15) is 16.7 Å². The number of carbonyl (C=O) groups excluding carboxylic acids is 1. The first-order valence-electron chi connectivity index (χ1n) is 7.90. The number of carbonyl (C=O) groups is 1. The molecule has 0 spiro atoms. The molecule has 2 N–H and O–H groups in total. The molecule has 0 atom stereocenters. The second-order valence-corrected chi connectivity index (χ2v) is 5.53. The first-order valence-corrected chi connectivity index (χ1v) is 7.90. The topological polar surface area (TPSA) is 64.9 Å². The minimum absolute atomic E-state index is 0.0786. The van der Waals surface area contributed by atoms with Gasteiger partial charge in [0.15, 0.2) is 0 Å². The molecule has 2 rings (SSSR count). The Balaban J connectivity index is 1.79. The van der Waals surface area contributed by atoms with Crippen molar-refractivity contribution in [2.24, 2.45) is 0 Å². The molecule has 2 aromatic rings. The summed E-state index contributed by atoms with van der Waals surface area (Å²) in [6.07, 6.45) is 2.32. The average molecular weight is 319 g/mol. The van der Waals surface area contributed by atoms with Crippen molar-refractivity contribution in [2.75, 3.05) is 6.54 Å². The summed E-state index contributed by atoms with van der Waals surface area (Å²) in [7, 11) is 0. The lowest BCUT2D eigenvalue weighted by atomic mass is 10.1. The van der Waals surface area contributed by atoms with Gasteiger partial charge in [0.2, 0.25) is 0 Å². The van der Waals surface area contributed by atoms with Crippen LogP contribution in [0.5, 0.6) is 0 Å². The fraction of sp³-hybridized carbons (Fsp3) is 0.200. The largest absolute Gasteiger partial charge is 0.389 e. The van der Waals surface area contributed by atoms with Crippen LogP contribution in [-0.4, -0.2) is 12.5 Å². The summed E-state index contributed by atoms with van der Waals surface area (Å²) in [5.74, 6) is -0.371. The molecule has 4 nitrogen and oxygen atoms in total. The number of rotatable bonds is 7. The second-order valence-electron chi connectivity index (χ2n) is 5.53. The van der Waals surface area contributed by atoms with E-state index in [1.165, 1.54) is 17.3 Å². The SMILES string of the molecule is Cc1ccc(CCN/C=C(/C#N)C(=O)NCc2ccccc2)cc1. The average Bonchev–Trinajstić information content (AvgIpc) is 2.62. The summed E-state index contributed by atoms with van der Waals surface area (Å²) in [5, 5.41) is 14.9. The lowest BCUT2D eigenvalue weighted by Gasteiger charge is -2.06. The van der Waals surface area contributed by atoms with E-state index in [0.29, 0.717) is 13.1 Å². The van der Waals surface area contributed by atoms with E-state index in [1.54, 1.807) is 0 Å². The van der Waals surface area contributed by atoms with Crippen molar-refractivity contribution in [1.82, 2.24) is 10.6 Å². The van der Waals surface area contributed by atoms with E-state index in [0.717, 1.165) is 12.0 Å².